The fraction of sp³-hybridized carbons (Fsp3) is 0.353. The summed E-state index contributed by atoms with van der Waals surface area (Å²) in [6.07, 6.45) is 0. The van der Waals surface area contributed by atoms with Crippen molar-refractivity contribution in [1.82, 2.24) is 9.21 Å². The molecule has 7 nitrogen and oxygen atoms in total. The summed E-state index contributed by atoms with van der Waals surface area (Å²) < 4.78 is 55.3. The minimum atomic E-state index is -3.47. The minimum Gasteiger partial charge on any atom is -0.435 e. The Morgan fingerprint density at radius 2 is 1.82 bits per heavy atom. The lowest BCUT2D eigenvalue weighted by Gasteiger charge is -2.33. The maximum atomic E-state index is 12.5. The van der Waals surface area contributed by atoms with Gasteiger partial charge >= 0.3 is 6.61 Å². The van der Waals surface area contributed by atoms with Gasteiger partial charge in [-0.1, -0.05) is 6.07 Å². The first-order chi connectivity index (χ1) is 13.3. The van der Waals surface area contributed by atoms with E-state index in [0.29, 0.717) is 36.1 Å². The van der Waals surface area contributed by atoms with Crippen molar-refractivity contribution in [3.8, 4) is 5.75 Å². The zero-order chi connectivity index (χ0) is 20.1. The lowest BCUT2D eigenvalue weighted by Crippen LogP contribution is -2.50. The zero-order valence-corrected chi connectivity index (χ0v) is 16.4. The average molecular weight is 431 g/mol. The van der Waals surface area contributed by atoms with E-state index < -0.39 is 16.6 Å². The van der Waals surface area contributed by atoms with Crippen molar-refractivity contribution in [3.63, 3.8) is 0 Å². The molecule has 2 heterocycles. The van der Waals surface area contributed by atoms with E-state index in [1.54, 1.807) is 17.5 Å². The average Bonchev–Trinajstić information content (AvgIpc) is 3.19. The second-order valence-corrected chi connectivity index (χ2v) is 9.18. The van der Waals surface area contributed by atoms with Gasteiger partial charge in [0.1, 0.15) is 9.96 Å². The topological polar surface area (TPSA) is 79.0 Å². The number of hydrogen-bond donors (Lipinski definition) is 1. The molecule has 1 aromatic carbocycles. The number of alkyl halides is 2. The highest BCUT2D eigenvalue weighted by Crippen LogP contribution is 2.22. The second-order valence-electron chi connectivity index (χ2n) is 6.06. The van der Waals surface area contributed by atoms with Crippen molar-refractivity contribution >= 4 is 33.0 Å². The molecule has 1 amide bonds. The maximum absolute atomic E-state index is 12.5. The number of piperazine rings is 1. The highest BCUT2D eigenvalue weighted by atomic mass is 32.2. The number of carbonyl (C=O) groups excluding carboxylic acids is 1. The standard InChI is InChI=1S/C17H19F2N3O4S2/c18-17(19)26-14-5-3-13(4-6-14)20-15(23)12-21-7-9-22(10-8-21)28(24,25)16-2-1-11-27-16/h1-6,11,17H,7-10,12H2,(H,20,23). The molecule has 1 fully saturated rings. The largest absolute Gasteiger partial charge is 0.435 e. The molecule has 0 spiro atoms. The number of carbonyl (C=O) groups is 1. The Kier molecular flexibility index (Phi) is 6.60. The first-order valence-corrected chi connectivity index (χ1v) is 10.8. The van der Waals surface area contributed by atoms with Crippen LogP contribution in [0.5, 0.6) is 5.75 Å². The van der Waals surface area contributed by atoms with Gasteiger partial charge in [0.15, 0.2) is 0 Å². The summed E-state index contributed by atoms with van der Waals surface area (Å²) in [5, 5.41) is 4.40. The fourth-order valence-corrected chi connectivity index (χ4v) is 5.36. The number of sulfonamides is 1. The fourth-order valence-electron chi connectivity index (χ4n) is 2.79. The molecule has 1 N–H and O–H groups in total. The predicted molar refractivity (Wildman–Crippen MR) is 101 cm³/mol. The zero-order valence-electron chi connectivity index (χ0n) is 14.8. The Labute approximate surface area is 165 Å². The van der Waals surface area contributed by atoms with Crippen LogP contribution in [0.4, 0.5) is 14.5 Å². The molecule has 3 rings (SSSR count). The Morgan fingerprint density at radius 3 is 2.39 bits per heavy atom. The van der Waals surface area contributed by atoms with Crippen LogP contribution in [0.3, 0.4) is 0 Å². The highest BCUT2D eigenvalue weighted by molar-refractivity contribution is 7.91. The number of ether oxygens (including phenoxy) is 1. The van der Waals surface area contributed by atoms with Gasteiger partial charge in [0.25, 0.3) is 10.0 Å². The van der Waals surface area contributed by atoms with Crippen LogP contribution in [0.25, 0.3) is 0 Å². The van der Waals surface area contributed by atoms with Crippen LogP contribution in [0.15, 0.2) is 46.0 Å². The molecule has 0 radical (unpaired) electrons. The lowest BCUT2D eigenvalue weighted by atomic mass is 10.3. The third kappa shape index (κ3) is 5.25. The predicted octanol–water partition coefficient (Wildman–Crippen LogP) is 2.29. The van der Waals surface area contributed by atoms with Crippen LogP contribution in [0.2, 0.25) is 0 Å². The number of amides is 1. The van der Waals surface area contributed by atoms with Crippen LogP contribution in [0.1, 0.15) is 0 Å². The SMILES string of the molecule is O=C(CN1CCN(S(=O)(=O)c2cccs2)CC1)Nc1ccc(OC(F)F)cc1. The van der Waals surface area contributed by atoms with E-state index in [-0.39, 0.29) is 18.2 Å². The molecule has 152 valence electrons. The van der Waals surface area contributed by atoms with E-state index in [9.17, 15) is 22.0 Å². The van der Waals surface area contributed by atoms with Crippen LogP contribution in [-0.4, -0.2) is 62.9 Å². The molecule has 0 aliphatic carbocycles. The van der Waals surface area contributed by atoms with Crippen molar-refractivity contribution in [2.24, 2.45) is 0 Å². The minimum absolute atomic E-state index is 0.0103. The normalized spacial score (nSPS) is 16.2. The van der Waals surface area contributed by atoms with E-state index in [1.165, 1.54) is 39.9 Å². The molecular weight excluding hydrogens is 412 g/mol. The van der Waals surface area contributed by atoms with Gasteiger partial charge < -0.3 is 10.1 Å². The monoisotopic (exact) mass is 431 g/mol. The van der Waals surface area contributed by atoms with Crippen LogP contribution in [-0.2, 0) is 14.8 Å². The Hall–Kier alpha value is -2.08. The number of nitrogens with one attached hydrogen (secondary N) is 1. The van der Waals surface area contributed by atoms with E-state index in [4.69, 9.17) is 0 Å². The summed E-state index contributed by atoms with van der Waals surface area (Å²) >= 11 is 1.18. The summed E-state index contributed by atoms with van der Waals surface area (Å²) in [6.45, 7) is -1.27. The van der Waals surface area contributed by atoms with E-state index in [2.05, 4.69) is 10.1 Å². The van der Waals surface area contributed by atoms with E-state index in [0.717, 1.165) is 0 Å². The molecule has 0 unspecified atom stereocenters. The van der Waals surface area contributed by atoms with Crippen LogP contribution in [0, 0.1) is 0 Å². The van der Waals surface area contributed by atoms with Gasteiger partial charge in [-0.2, -0.15) is 13.1 Å². The molecule has 0 saturated carbocycles. The number of rotatable bonds is 7. The molecule has 0 atom stereocenters. The second kappa shape index (κ2) is 8.95. The molecule has 1 saturated heterocycles. The van der Waals surface area contributed by atoms with Gasteiger partial charge in [0.2, 0.25) is 5.91 Å². The molecule has 0 bridgehead atoms. The first-order valence-electron chi connectivity index (χ1n) is 8.45. The molecule has 11 heteroatoms. The van der Waals surface area contributed by atoms with Gasteiger partial charge in [-0.15, -0.1) is 11.3 Å². The number of anilines is 1. The quantitative estimate of drug-likeness (QED) is 0.728. The number of halogens is 2. The summed E-state index contributed by atoms with van der Waals surface area (Å²) in [5.74, 6) is -0.256. The molecular formula is C17H19F2N3O4S2. The Balaban J connectivity index is 1.47. The van der Waals surface area contributed by atoms with Crippen LogP contribution >= 0.6 is 11.3 Å². The van der Waals surface area contributed by atoms with Crippen molar-refractivity contribution in [1.29, 1.82) is 0 Å². The van der Waals surface area contributed by atoms with Gasteiger partial charge in [-0.05, 0) is 35.7 Å². The van der Waals surface area contributed by atoms with Crippen molar-refractivity contribution in [2.45, 2.75) is 10.8 Å². The third-order valence-electron chi connectivity index (χ3n) is 4.15. The Morgan fingerprint density at radius 1 is 1.14 bits per heavy atom. The number of hydrogen-bond acceptors (Lipinski definition) is 6. The number of nitrogens with zero attached hydrogens (tertiary/aromatic N) is 2. The van der Waals surface area contributed by atoms with Crippen LogP contribution < -0.4 is 10.1 Å². The van der Waals surface area contributed by atoms with Gasteiger partial charge in [0, 0.05) is 31.9 Å². The third-order valence-corrected chi connectivity index (χ3v) is 7.42. The molecule has 1 aliphatic rings. The number of benzene rings is 1. The molecule has 2 aromatic rings. The maximum Gasteiger partial charge on any atom is 0.387 e. The highest BCUT2D eigenvalue weighted by Gasteiger charge is 2.29. The van der Waals surface area contributed by atoms with Crippen molar-refractivity contribution < 1.29 is 26.7 Å². The summed E-state index contributed by atoms with van der Waals surface area (Å²) in [6, 6.07) is 8.91. The van der Waals surface area contributed by atoms with Gasteiger partial charge in [-0.3, -0.25) is 9.69 Å². The Bertz CT molecular complexity index is 882. The summed E-state index contributed by atoms with van der Waals surface area (Å²) in [4.78, 5) is 14.0. The summed E-state index contributed by atoms with van der Waals surface area (Å²) in [5.41, 5.74) is 0.463. The first kappa shape index (κ1) is 20.6. The summed E-state index contributed by atoms with van der Waals surface area (Å²) in [7, 11) is -3.47. The van der Waals surface area contributed by atoms with Crippen molar-refractivity contribution in [2.75, 3.05) is 38.0 Å². The van der Waals surface area contributed by atoms with Crippen molar-refractivity contribution in [3.05, 3.63) is 41.8 Å². The van der Waals surface area contributed by atoms with Gasteiger partial charge in [0.05, 0.1) is 6.54 Å². The smallest absolute Gasteiger partial charge is 0.387 e. The molecule has 1 aliphatic heterocycles. The number of thiophene rings is 1. The lowest BCUT2D eigenvalue weighted by molar-refractivity contribution is -0.117. The van der Waals surface area contributed by atoms with E-state index >= 15 is 0 Å². The molecule has 28 heavy (non-hydrogen) atoms. The van der Waals surface area contributed by atoms with E-state index in [1.807, 2.05) is 4.90 Å². The molecule has 1 aromatic heterocycles. The van der Waals surface area contributed by atoms with Gasteiger partial charge in [-0.25, -0.2) is 8.42 Å².